The number of benzene rings is 2. The fourth-order valence-corrected chi connectivity index (χ4v) is 3.48. The second-order valence-electron chi connectivity index (χ2n) is 4.91. The summed E-state index contributed by atoms with van der Waals surface area (Å²) in [5.41, 5.74) is 2.39. The van der Waals surface area contributed by atoms with Crippen LogP contribution in [0.3, 0.4) is 0 Å². The summed E-state index contributed by atoms with van der Waals surface area (Å²) < 4.78 is 6.19. The molecular formula is C16H11BrCl2O2. The van der Waals surface area contributed by atoms with Crippen molar-refractivity contribution in [3.63, 3.8) is 0 Å². The topological polar surface area (TPSA) is 26.3 Å². The molecule has 0 N–H and O–H groups in total. The second kappa shape index (κ2) is 5.64. The van der Waals surface area contributed by atoms with E-state index in [1.165, 1.54) is 7.11 Å². The molecule has 0 heterocycles. The molecule has 0 unspecified atom stereocenters. The Balaban J connectivity index is 2.06. The highest BCUT2D eigenvalue weighted by atomic mass is 79.9. The molecule has 1 atom stereocenters. The number of hydrogen-bond acceptors (Lipinski definition) is 2. The van der Waals surface area contributed by atoms with Gasteiger partial charge in [0.15, 0.2) is 5.78 Å². The van der Waals surface area contributed by atoms with Crippen molar-refractivity contribution in [1.82, 2.24) is 0 Å². The number of hydrogen-bond donors (Lipinski definition) is 0. The molecule has 1 aliphatic carbocycles. The van der Waals surface area contributed by atoms with Crippen LogP contribution in [0.2, 0.25) is 10.0 Å². The van der Waals surface area contributed by atoms with E-state index >= 15 is 0 Å². The van der Waals surface area contributed by atoms with Crippen molar-refractivity contribution in [2.45, 2.75) is 12.3 Å². The van der Waals surface area contributed by atoms with Gasteiger partial charge in [0.25, 0.3) is 0 Å². The molecular weight excluding hydrogens is 375 g/mol. The van der Waals surface area contributed by atoms with Crippen LogP contribution < -0.4 is 4.74 Å². The number of rotatable bonds is 2. The summed E-state index contributed by atoms with van der Waals surface area (Å²) in [5.74, 6) is 0.306. The van der Waals surface area contributed by atoms with Gasteiger partial charge in [-0.05, 0) is 35.7 Å². The number of carbonyl (C=O) groups excluding carboxylic acids is 1. The fourth-order valence-electron chi connectivity index (χ4n) is 2.68. The van der Waals surface area contributed by atoms with Gasteiger partial charge in [0.2, 0.25) is 0 Å². The summed E-state index contributed by atoms with van der Waals surface area (Å²) in [6.07, 6.45) is 0.614. The van der Waals surface area contributed by atoms with E-state index in [4.69, 9.17) is 27.9 Å². The lowest BCUT2D eigenvalue weighted by Gasteiger charge is -2.09. The maximum Gasteiger partial charge on any atom is 0.172 e. The molecule has 21 heavy (non-hydrogen) atoms. The number of fused-ring (bicyclic) bond motifs is 1. The van der Waals surface area contributed by atoms with Crippen molar-refractivity contribution in [1.29, 1.82) is 0 Å². The third kappa shape index (κ3) is 2.48. The third-order valence-electron chi connectivity index (χ3n) is 3.73. The Morgan fingerprint density at radius 2 is 1.86 bits per heavy atom. The fraction of sp³-hybridized carbons (Fsp3) is 0.188. The predicted octanol–water partition coefficient (Wildman–Crippen LogP) is 5.29. The van der Waals surface area contributed by atoms with Gasteiger partial charge in [-0.15, -0.1) is 0 Å². The molecule has 0 saturated heterocycles. The van der Waals surface area contributed by atoms with Gasteiger partial charge in [0.05, 0.1) is 18.1 Å². The molecule has 1 aliphatic rings. The molecule has 3 rings (SSSR count). The number of ketones is 1. The van der Waals surface area contributed by atoms with Crippen molar-refractivity contribution >= 4 is 44.9 Å². The van der Waals surface area contributed by atoms with Crippen molar-refractivity contribution < 1.29 is 9.53 Å². The van der Waals surface area contributed by atoms with Gasteiger partial charge < -0.3 is 4.74 Å². The molecule has 0 radical (unpaired) electrons. The molecule has 0 fully saturated rings. The summed E-state index contributed by atoms with van der Waals surface area (Å²) >= 11 is 15.8. The number of halogens is 3. The number of ether oxygens (including phenoxy) is 1. The summed E-state index contributed by atoms with van der Waals surface area (Å²) in [6.45, 7) is 0. The van der Waals surface area contributed by atoms with Gasteiger partial charge in [-0.3, -0.25) is 4.79 Å². The normalized spacial score (nSPS) is 17.0. The average molecular weight is 386 g/mol. The first-order valence-electron chi connectivity index (χ1n) is 6.37. The van der Waals surface area contributed by atoms with Crippen molar-refractivity contribution in [3.05, 3.63) is 61.5 Å². The van der Waals surface area contributed by atoms with Gasteiger partial charge in [-0.25, -0.2) is 0 Å². The molecule has 0 bridgehead atoms. The van der Waals surface area contributed by atoms with E-state index in [9.17, 15) is 4.79 Å². The molecule has 0 spiro atoms. The minimum atomic E-state index is -0.214. The van der Waals surface area contributed by atoms with Crippen molar-refractivity contribution in [3.8, 4) is 5.75 Å². The standard InChI is InChI=1S/C16H11BrCl2O2/c1-21-12-7-9-6-11(8-2-4-10(17)5-3-8)16(20)13(9)15(19)14(12)18/h2-5,7,11H,6H2,1H3/t11-/m1/s1. The molecule has 0 aromatic heterocycles. The Morgan fingerprint density at radius 1 is 1.19 bits per heavy atom. The number of methoxy groups -OCH3 is 1. The van der Waals surface area contributed by atoms with Gasteiger partial charge in [-0.2, -0.15) is 0 Å². The van der Waals surface area contributed by atoms with E-state index in [1.54, 1.807) is 6.07 Å². The van der Waals surface area contributed by atoms with Gasteiger partial charge in [0.1, 0.15) is 10.8 Å². The highest BCUT2D eigenvalue weighted by Crippen LogP contribution is 2.44. The van der Waals surface area contributed by atoms with Crippen LogP contribution in [0.25, 0.3) is 0 Å². The zero-order chi connectivity index (χ0) is 15.1. The largest absolute Gasteiger partial charge is 0.495 e. The Labute approximate surface area is 141 Å². The number of carbonyl (C=O) groups is 1. The van der Waals surface area contributed by atoms with Crippen LogP contribution in [-0.2, 0) is 6.42 Å². The Bertz CT molecular complexity index is 726. The lowest BCUT2D eigenvalue weighted by atomic mass is 9.95. The van der Waals surface area contributed by atoms with Crippen molar-refractivity contribution in [2.75, 3.05) is 7.11 Å². The van der Waals surface area contributed by atoms with Gasteiger partial charge in [-0.1, -0.05) is 51.3 Å². The highest BCUT2D eigenvalue weighted by molar-refractivity contribution is 9.10. The molecule has 108 valence electrons. The maximum atomic E-state index is 12.7. The van der Waals surface area contributed by atoms with E-state index in [2.05, 4.69) is 15.9 Å². The monoisotopic (exact) mass is 384 g/mol. The van der Waals surface area contributed by atoms with E-state index in [1.807, 2.05) is 24.3 Å². The van der Waals surface area contributed by atoms with Crippen LogP contribution in [0.5, 0.6) is 5.75 Å². The molecule has 0 aliphatic heterocycles. The zero-order valence-electron chi connectivity index (χ0n) is 11.1. The van der Waals surface area contributed by atoms with Crippen LogP contribution in [0.15, 0.2) is 34.8 Å². The van der Waals surface area contributed by atoms with Crippen LogP contribution >= 0.6 is 39.1 Å². The highest BCUT2D eigenvalue weighted by Gasteiger charge is 2.35. The Kier molecular flexibility index (Phi) is 4.00. The molecule has 0 amide bonds. The number of Topliss-reactive ketones (excluding diaryl/α,β-unsaturated/α-hetero) is 1. The van der Waals surface area contributed by atoms with E-state index in [-0.39, 0.29) is 16.7 Å². The Morgan fingerprint density at radius 3 is 2.48 bits per heavy atom. The first kappa shape index (κ1) is 14.9. The van der Waals surface area contributed by atoms with Crippen LogP contribution in [0.1, 0.15) is 27.4 Å². The summed E-state index contributed by atoms with van der Waals surface area (Å²) in [6, 6.07) is 9.57. The molecule has 5 heteroatoms. The van der Waals surface area contributed by atoms with Gasteiger partial charge >= 0.3 is 0 Å². The minimum Gasteiger partial charge on any atom is -0.495 e. The smallest absolute Gasteiger partial charge is 0.172 e. The summed E-state index contributed by atoms with van der Waals surface area (Å²) in [4.78, 5) is 12.7. The lowest BCUT2D eigenvalue weighted by molar-refractivity contribution is 0.0973. The average Bonchev–Trinajstić information content (AvgIpc) is 2.81. The zero-order valence-corrected chi connectivity index (χ0v) is 14.2. The lowest BCUT2D eigenvalue weighted by Crippen LogP contribution is -2.07. The van der Waals surface area contributed by atoms with E-state index in [0.717, 1.165) is 15.6 Å². The quantitative estimate of drug-likeness (QED) is 0.702. The van der Waals surface area contributed by atoms with E-state index in [0.29, 0.717) is 22.8 Å². The first-order valence-corrected chi connectivity index (χ1v) is 7.92. The molecule has 2 aromatic carbocycles. The third-order valence-corrected chi connectivity index (χ3v) is 5.11. The molecule has 2 nitrogen and oxygen atoms in total. The summed E-state index contributed by atoms with van der Waals surface area (Å²) in [7, 11) is 1.53. The second-order valence-corrected chi connectivity index (χ2v) is 6.59. The Hall–Kier alpha value is -1.03. The van der Waals surface area contributed by atoms with Gasteiger partial charge in [0, 0.05) is 10.0 Å². The predicted molar refractivity (Wildman–Crippen MR) is 87.9 cm³/mol. The summed E-state index contributed by atoms with van der Waals surface area (Å²) in [5, 5.41) is 0.582. The maximum absolute atomic E-state index is 12.7. The SMILES string of the molecule is COc1cc2c(c(Cl)c1Cl)C(=O)[C@@H](c1ccc(Br)cc1)C2. The first-order chi connectivity index (χ1) is 10.0. The van der Waals surface area contributed by atoms with E-state index < -0.39 is 0 Å². The van der Waals surface area contributed by atoms with Crippen LogP contribution in [-0.4, -0.2) is 12.9 Å². The van der Waals surface area contributed by atoms with Crippen LogP contribution in [0, 0.1) is 0 Å². The molecule has 0 saturated carbocycles. The molecule has 2 aromatic rings. The van der Waals surface area contributed by atoms with Crippen LogP contribution in [0.4, 0.5) is 0 Å². The minimum absolute atomic E-state index is 0.0156. The van der Waals surface area contributed by atoms with Crippen molar-refractivity contribution in [2.24, 2.45) is 0 Å².